The minimum Gasteiger partial charge on any atom is -0.494 e. The van der Waals surface area contributed by atoms with E-state index in [0.717, 1.165) is 4.31 Å². The molecule has 0 atom stereocenters. The van der Waals surface area contributed by atoms with Gasteiger partial charge in [-0.25, -0.2) is 16.8 Å². The number of carbonyl (C=O) groups is 1. The van der Waals surface area contributed by atoms with E-state index in [1.54, 1.807) is 43.3 Å². The van der Waals surface area contributed by atoms with Crippen molar-refractivity contribution in [1.82, 2.24) is 0 Å². The van der Waals surface area contributed by atoms with Gasteiger partial charge in [0.05, 0.1) is 22.9 Å². The van der Waals surface area contributed by atoms with Gasteiger partial charge < -0.3 is 10.1 Å². The second-order valence-electron chi connectivity index (χ2n) is 7.46. The van der Waals surface area contributed by atoms with Crippen LogP contribution in [0.5, 0.6) is 5.75 Å². The largest absolute Gasteiger partial charge is 0.494 e. The number of anilines is 3. The average Bonchev–Trinajstić information content (AvgIpc) is 2.85. The topological polar surface area (TPSA) is 122 Å². The van der Waals surface area contributed by atoms with Gasteiger partial charge in [0.25, 0.3) is 15.9 Å². The molecule has 2 N–H and O–H groups in total. The summed E-state index contributed by atoms with van der Waals surface area (Å²) in [5, 5.41) is 2.69. The van der Waals surface area contributed by atoms with E-state index in [2.05, 4.69) is 10.0 Å². The number of nitrogens with one attached hydrogen (secondary N) is 2. The van der Waals surface area contributed by atoms with Crippen molar-refractivity contribution in [2.24, 2.45) is 0 Å². The lowest BCUT2D eigenvalue weighted by molar-refractivity contribution is 0.102. The van der Waals surface area contributed by atoms with Crippen LogP contribution in [0.25, 0.3) is 0 Å². The standard InChI is InChI=1S/C24H27N3O6S2/c1-4-33-22-14-8-20(9-15-22)26-35(31,32)23-16-10-19(11-17-23)25-24(28)18-6-12-21(13-7-18)27(3)34(29,30)5-2/h6-17,26H,4-5H2,1-3H3,(H,25,28). The Kier molecular flexibility index (Phi) is 8.03. The Balaban J connectivity index is 1.66. The van der Waals surface area contributed by atoms with Crippen LogP contribution in [-0.2, 0) is 20.0 Å². The molecule has 3 aromatic carbocycles. The Morgan fingerprint density at radius 2 is 1.40 bits per heavy atom. The van der Waals surface area contributed by atoms with Gasteiger partial charge in [0.15, 0.2) is 0 Å². The Morgan fingerprint density at radius 3 is 1.94 bits per heavy atom. The molecule has 1 amide bonds. The molecule has 35 heavy (non-hydrogen) atoms. The van der Waals surface area contributed by atoms with E-state index >= 15 is 0 Å². The van der Waals surface area contributed by atoms with Crippen LogP contribution in [0, 0.1) is 0 Å². The minimum absolute atomic E-state index is 0.0346. The smallest absolute Gasteiger partial charge is 0.261 e. The third-order valence-electron chi connectivity index (χ3n) is 5.12. The molecule has 0 bridgehead atoms. The first-order valence-corrected chi connectivity index (χ1v) is 13.9. The molecule has 186 valence electrons. The van der Waals surface area contributed by atoms with Crippen molar-refractivity contribution >= 4 is 43.0 Å². The van der Waals surface area contributed by atoms with E-state index < -0.39 is 26.0 Å². The van der Waals surface area contributed by atoms with Gasteiger partial charge in [0, 0.05) is 24.0 Å². The number of hydrogen-bond donors (Lipinski definition) is 2. The summed E-state index contributed by atoms with van der Waals surface area (Å²) in [4.78, 5) is 12.6. The number of benzene rings is 3. The summed E-state index contributed by atoms with van der Waals surface area (Å²) in [6, 6.07) is 18.4. The molecule has 0 aliphatic heterocycles. The summed E-state index contributed by atoms with van der Waals surface area (Å²) in [5.74, 6) is 0.191. The van der Waals surface area contributed by atoms with Crippen LogP contribution in [0.1, 0.15) is 24.2 Å². The first-order chi connectivity index (χ1) is 16.6. The van der Waals surface area contributed by atoms with Crippen molar-refractivity contribution in [3.05, 3.63) is 78.4 Å². The van der Waals surface area contributed by atoms with E-state index in [1.807, 2.05) is 6.92 Å². The third kappa shape index (κ3) is 6.52. The number of sulfonamides is 2. The molecule has 0 aromatic heterocycles. The second-order valence-corrected chi connectivity index (χ2v) is 11.4. The van der Waals surface area contributed by atoms with Crippen LogP contribution < -0.4 is 19.1 Å². The van der Waals surface area contributed by atoms with Crippen molar-refractivity contribution in [3.63, 3.8) is 0 Å². The van der Waals surface area contributed by atoms with Gasteiger partial charge in [-0.3, -0.25) is 13.8 Å². The van der Waals surface area contributed by atoms with Crippen LogP contribution >= 0.6 is 0 Å². The van der Waals surface area contributed by atoms with Crippen LogP contribution in [0.15, 0.2) is 77.7 Å². The zero-order valence-corrected chi connectivity index (χ0v) is 21.2. The van der Waals surface area contributed by atoms with Crippen LogP contribution in [-0.4, -0.2) is 42.2 Å². The number of nitrogens with zero attached hydrogens (tertiary/aromatic N) is 1. The molecular formula is C24H27N3O6S2. The Hall–Kier alpha value is -3.57. The van der Waals surface area contributed by atoms with Crippen LogP contribution in [0.4, 0.5) is 17.1 Å². The molecule has 3 rings (SSSR count). The van der Waals surface area contributed by atoms with Gasteiger partial charge in [-0.05, 0) is 86.6 Å². The number of hydrogen-bond acceptors (Lipinski definition) is 6. The number of rotatable bonds is 10. The first-order valence-electron chi connectivity index (χ1n) is 10.8. The summed E-state index contributed by atoms with van der Waals surface area (Å²) in [6.45, 7) is 3.93. The summed E-state index contributed by atoms with van der Waals surface area (Å²) in [5.41, 5.74) is 1.57. The molecule has 0 saturated heterocycles. The molecule has 0 heterocycles. The number of amides is 1. The molecule has 0 saturated carbocycles. The highest BCUT2D eigenvalue weighted by atomic mass is 32.2. The van der Waals surface area contributed by atoms with E-state index in [9.17, 15) is 21.6 Å². The highest BCUT2D eigenvalue weighted by Gasteiger charge is 2.17. The maximum atomic E-state index is 12.7. The molecule has 0 radical (unpaired) electrons. The molecule has 0 fully saturated rings. The molecule has 9 nitrogen and oxygen atoms in total. The predicted octanol–water partition coefficient (Wildman–Crippen LogP) is 3.92. The van der Waals surface area contributed by atoms with Crippen LogP contribution in [0.3, 0.4) is 0 Å². The molecule has 0 spiro atoms. The van der Waals surface area contributed by atoms with Gasteiger partial charge in [-0.1, -0.05) is 0 Å². The summed E-state index contributed by atoms with van der Waals surface area (Å²) in [7, 11) is -5.77. The Bertz CT molecular complexity index is 1370. The third-order valence-corrected chi connectivity index (χ3v) is 8.29. The Labute approximate surface area is 205 Å². The summed E-state index contributed by atoms with van der Waals surface area (Å²) >= 11 is 0. The fourth-order valence-corrected chi connectivity index (χ4v) is 4.99. The molecule has 0 unspecified atom stereocenters. The van der Waals surface area contributed by atoms with E-state index in [0.29, 0.717) is 35.0 Å². The van der Waals surface area contributed by atoms with Gasteiger partial charge in [0.1, 0.15) is 5.75 Å². The monoisotopic (exact) mass is 517 g/mol. The molecule has 11 heteroatoms. The normalized spacial score (nSPS) is 11.5. The van der Waals surface area contributed by atoms with Gasteiger partial charge in [-0.2, -0.15) is 0 Å². The lowest BCUT2D eigenvalue weighted by Crippen LogP contribution is -2.28. The second kappa shape index (κ2) is 10.8. The highest BCUT2D eigenvalue weighted by Crippen LogP contribution is 2.22. The maximum absolute atomic E-state index is 12.7. The lowest BCUT2D eigenvalue weighted by atomic mass is 10.2. The van der Waals surface area contributed by atoms with Crippen LogP contribution in [0.2, 0.25) is 0 Å². The SMILES string of the molecule is CCOc1ccc(NS(=O)(=O)c2ccc(NC(=O)c3ccc(N(C)S(=O)(=O)CC)cc3)cc2)cc1. The maximum Gasteiger partial charge on any atom is 0.261 e. The predicted molar refractivity (Wildman–Crippen MR) is 137 cm³/mol. The molecular weight excluding hydrogens is 490 g/mol. The number of ether oxygens (including phenoxy) is 1. The zero-order valence-electron chi connectivity index (χ0n) is 19.6. The van der Waals surface area contributed by atoms with Crippen molar-refractivity contribution in [3.8, 4) is 5.75 Å². The van der Waals surface area contributed by atoms with Crippen molar-refractivity contribution in [1.29, 1.82) is 0 Å². The van der Waals surface area contributed by atoms with Crippen molar-refractivity contribution in [2.45, 2.75) is 18.7 Å². The van der Waals surface area contributed by atoms with E-state index in [-0.39, 0.29) is 10.6 Å². The summed E-state index contributed by atoms with van der Waals surface area (Å²) < 4.78 is 58.3. The summed E-state index contributed by atoms with van der Waals surface area (Å²) in [6.07, 6.45) is 0. The van der Waals surface area contributed by atoms with E-state index in [1.165, 1.54) is 43.4 Å². The van der Waals surface area contributed by atoms with Gasteiger partial charge in [-0.15, -0.1) is 0 Å². The fourth-order valence-electron chi connectivity index (χ4n) is 3.10. The molecule has 0 aliphatic rings. The van der Waals surface area contributed by atoms with Crippen molar-refractivity contribution < 1.29 is 26.4 Å². The van der Waals surface area contributed by atoms with E-state index in [4.69, 9.17) is 4.74 Å². The zero-order chi connectivity index (χ0) is 25.6. The minimum atomic E-state index is -3.82. The lowest BCUT2D eigenvalue weighted by Gasteiger charge is -2.18. The highest BCUT2D eigenvalue weighted by molar-refractivity contribution is 7.93. The van der Waals surface area contributed by atoms with Crippen molar-refractivity contribution in [2.75, 3.05) is 33.8 Å². The molecule has 0 aliphatic carbocycles. The molecule has 3 aromatic rings. The van der Waals surface area contributed by atoms with Gasteiger partial charge >= 0.3 is 0 Å². The number of carbonyl (C=O) groups excluding carboxylic acids is 1. The first kappa shape index (κ1) is 26.0. The fraction of sp³-hybridized carbons (Fsp3) is 0.208. The quantitative estimate of drug-likeness (QED) is 0.420. The van der Waals surface area contributed by atoms with Gasteiger partial charge in [0.2, 0.25) is 10.0 Å². The Morgan fingerprint density at radius 1 is 0.829 bits per heavy atom. The average molecular weight is 518 g/mol.